The highest BCUT2D eigenvalue weighted by Gasteiger charge is 2.46. The molecule has 3 aliphatic heterocycles. The van der Waals surface area contributed by atoms with Crippen LogP contribution in [-0.4, -0.2) is 54.7 Å². The summed E-state index contributed by atoms with van der Waals surface area (Å²) in [5, 5.41) is 9.60. The molecule has 0 N–H and O–H groups in total. The number of hydrogen-bond acceptors (Lipinski definition) is 7. The lowest BCUT2D eigenvalue weighted by atomic mass is 9.87. The van der Waals surface area contributed by atoms with Crippen molar-refractivity contribution in [2.24, 2.45) is 14.1 Å². The Morgan fingerprint density at radius 2 is 1.81 bits per heavy atom. The van der Waals surface area contributed by atoms with Gasteiger partial charge in [-0.25, -0.2) is 14.6 Å². The van der Waals surface area contributed by atoms with E-state index in [2.05, 4.69) is 30.0 Å². The van der Waals surface area contributed by atoms with Gasteiger partial charge in [-0.3, -0.25) is 9.48 Å². The van der Waals surface area contributed by atoms with Crippen LogP contribution in [0, 0.1) is 0 Å². The van der Waals surface area contributed by atoms with Gasteiger partial charge in [0.15, 0.2) is 5.65 Å². The summed E-state index contributed by atoms with van der Waals surface area (Å²) in [6.07, 6.45) is 6.17. The van der Waals surface area contributed by atoms with Gasteiger partial charge in [0.25, 0.3) is 5.56 Å². The highest BCUT2D eigenvalue weighted by atomic mass is 35.5. The van der Waals surface area contributed by atoms with Crippen molar-refractivity contribution in [3.8, 4) is 0 Å². The Morgan fingerprint density at radius 1 is 1.08 bits per heavy atom. The molecule has 3 aromatic heterocycles. The molecule has 2 unspecified atom stereocenters. The molecule has 6 rings (SSSR count). The Bertz CT molecular complexity index is 1060. The number of piperazine rings is 1. The number of aryl methyl sites for hydroxylation is 2. The zero-order valence-corrected chi connectivity index (χ0v) is 15.1. The number of anilines is 2. The summed E-state index contributed by atoms with van der Waals surface area (Å²) in [6, 6.07) is 0.624. The minimum absolute atomic E-state index is 0.229. The van der Waals surface area contributed by atoms with Crippen molar-refractivity contribution < 1.29 is 0 Å². The fourth-order valence-corrected chi connectivity index (χ4v) is 4.32. The normalized spacial score (nSPS) is 22.0. The lowest BCUT2D eigenvalue weighted by Crippen LogP contribution is -2.69. The first kappa shape index (κ1) is 15.6. The third-order valence-corrected chi connectivity index (χ3v) is 5.70. The van der Waals surface area contributed by atoms with Crippen LogP contribution in [0.2, 0.25) is 5.02 Å². The van der Waals surface area contributed by atoms with Crippen LogP contribution in [0.3, 0.4) is 0 Å². The highest BCUT2D eigenvalue weighted by Crippen LogP contribution is 2.40. The van der Waals surface area contributed by atoms with Gasteiger partial charge in [-0.15, -0.1) is 0 Å². The van der Waals surface area contributed by atoms with E-state index in [1.54, 1.807) is 24.3 Å². The van der Waals surface area contributed by atoms with E-state index in [-0.39, 0.29) is 10.6 Å². The molecule has 0 amide bonds. The van der Waals surface area contributed by atoms with E-state index in [9.17, 15) is 4.79 Å². The summed E-state index contributed by atoms with van der Waals surface area (Å²) in [5.74, 6) is 0.928. The summed E-state index contributed by atoms with van der Waals surface area (Å²) in [5.41, 5.74) is 1.27. The Kier molecular flexibility index (Phi) is 3.24. The summed E-state index contributed by atoms with van der Waals surface area (Å²) in [7, 11) is 3.48. The molecule has 0 saturated carbocycles. The Morgan fingerprint density at radius 3 is 2.58 bits per heavy atom. The first-order valence-electron chi connectivity index (χ1n) is 8.42. The predicted octanol–water partition coefficient (Wildman–Crippen LogP) is 0.578. The van der Waals surface area contributed by atoms with E-state index >= 15 is 0 Å². The number of nitrogens with zero attached hydrogens (tertiary/aromatic N) is 8. The van der Waals surface area contributed by atoms with Crippen molar-refractivity contribution in [1.82, 2.24) is 29.5 Å². The van der Waals surface area contributed by atoms with Crippen LogP contribution >= 0.6 is 11.6 Å². The standard InChI is InChI=1S/C16H17ClN8O/c1-22-14-11(4-20-22)15(19-8-18-14)25-9-3-10(25)7-24(6-9)12-5-21-23(2)16(26)13(12)17/h4-5,8-10H,3,6-7H2,1-2H3. The molecule has 0 radical (unpaired) electrons. The van der Waals surface area contributed by atoms with Gasteiger partial charge >= 0.3 is 0 Å². The van der Waals surface area contributed by atoms with Crippen LogP contribution < -0.4 is 15.4 Å². The molecule has 0 aliphatic carbocycles. The number of piperidine rings is 1. The maximum absolute atomic E-state index is 12.1. The Hall–Kier alpha value is -2.68. The molecular weight excluding hydrogens is 356 g/mol. The lowest BCUT2D eigenvalue weighted by molar-refractivity contribution is 0.289. The molecule has 10 heteroatoms. The third-order valence-electron chi connectivity index (χ3n) is 5.35. The van der Waals surface area contributed by atoms with E-state index in [1.807, 2.05) is 13.2 Å². The molecule has 26 heavy (non-hydrogen) atoms. The second-order valence-corrected chi connectivity index (χ2v) is 7.21. The summed E-state index contributed by atoms with van der Waals surface area (Å²) >= 11 is 6.27. The van der Waals surface area contributed by atoms with Crippen LogP contribution in [0.5, 0.6) is 0 Å². The molecule has 0 spiro atoms. The van der Waals surface area contributed by atoms with Crippen LogP contribution in [0.4, 0.5) is 11.5 Å². The zero-order chi connectivity index (χ0) is 18.0. The maximum Gasteiger partial charge on any atom is 0.287 e. The molecule has 3 saturated heterocycles. The van der Waals surface area contributed by atoms with Crippen molar-refractivity contribution in [2.75, 3.05) is 22.9 Å². The van der Waals surface area contributed by atoms with Gasteiger partial charge in [0.2, 0.25) is 0 Å². The van der Waals surface area contributed by atoms with E-state index in [4.69, 9.17) is 11.6 Å². The number of aromatic nitrogens is 6. The highest BCUT2D eigenvalue weighted by molar-refractivity contribution is 6.33. The number of halogens is 1. The van der Waals surface area contributed by atoms with Gasteiger partial charge in [-0.2, -0.15) is 10.2 Å². The Balaban J connectivity index is 1.46. The monoisotopic (exact) mass is 372 g/mol. The summed E-state index contributed by atoms with van der Waals surface area (Å²) < 4.78 is 3.01. The average molecular weight is 373 g/mol. The molecular formula is C16H17ClN8O. The van der Waals surface area contributed by atoms with Gasteiger partial charge in [-0.1, -0.05) is 11.6 Å². The third kappa shape index (κ3) is 2.06. The number of hydrogen-bond donors (Lipinski definition) is 0. The first-order chi connectivity index (χ1) is 12.5. The van der Waals surface area contributed by atoms with E-state index < -0.39 is 0 Å². The second-order valence-electron chi connectivity index (χ2n) is 6.83. The van der Waals surface area contributed by atoms with Crippen molar-refractivity contribution in [3.05, 3.63) is 34.1 Å². The molecule has 3 aromatic rings. The fraction of sp³-hybridized carbons (Fsp3) is 0.438. The number of fused-ring (bicyclic) bond motifs is 3. The van der Waals surface area contributed by atoms with E-state index in [0.29, 0.717) is 17.8 Å². The molecule has 2 atom stereocenters. The van der Waals surface area contributed by atoms with Gasteiger partial charge in [0, 0.05) is 27.2 Å². The van der Waals surface area contributed by atoms with Crippen LogP contribution in [0.25, 0.3) is 11.0 Å². The van der Waals surface area contributed by atoms with Crippen LogP contribution in [0.1, 0.15) is 6.42 Å². The SMILES string of the molecule is Cn1ncc(N2CC3CC(C2)N3c2ncnc3c2cnn3C)c(Cl)c1=O. The zero-order valence-electron chi connectivity index (χ0n) is 14.4. The van der Waals surface area contributed by atoms with E-state index in [0.717, 1.165) is 36.4 Å². The van der Waals surface area contributed by atoms with Crippen molar-refractivity contribution >= 4 is 34.1 Å². The average Bonchev–Trinajstić information content (AvgIpc) is 3.02. The molecule has 9 nitrogen and oxygen atoms in total. The van der Waals surface area contributed by atoms with E-state index in [1.165, 1.54) is 4.68 Å². The minimum Gasteiger partial charge on any atom is -0.365 e. The van der Waals surface area contributed by atoms with Crippen LogP contribution in [-0.2, 0) is 14.1 Å². The van der Waals surface area contributed by atoms with Gasteiger partial charge in [-0.05, 0) is 6.42 Å². The molecule has 2 bridgehead atoms. The molecule has 3 aliphatic rings. The predicted molar refractivity (Wildman–Crippen MR) is 97.7 cm³/mol. The van der Waals surface area contributed by atoms with Crippen molar-refractivity contribution in [3.63, 3.8) is 0 Å². The molecule has 3 fully saturated rings. The molecule has 6 heterocycles. The summed E-state index contributed by atoms with van der Waals surface area (Å²) in [6.45, 7) is 1.55. The Labute approximate surface area is 153 Å². The van der Waals surface area contributed by atoms with Gasteiger partial charge in [0.1, 0.15) is 17.2 Å². The van der Waals surface area contributed by atoms with Crippen LogP contribution in [0.15, 0.2) is 23.5 Å². The molecule has 0 aromatic carbocycles. The largest absolute Gasteiger partial charge is 0.365 e. The maximum atomic E-state index is 12.1. The second kappa shape index (κ2) is 5.41. The first-order valence-corrected chi connectivity index (χ1v) is 8.80. The van der Waals surface area contributed by atoms with Crippen molar-refractivity contribution in [1.29, 1.82) is 0 Å². The molecule has 134 valence electrons. The summed E-state index contributed by atoms with van der Waals surface area (Å²) in [4.78, 5) is 25.4. The topological polar surface area (TPSA) is 85.0 Å². The minimum atomic E-state index is -0.270. The fourth-order valence-electron chi connectivity index (χ4n) is 4.03. The number of rotatable bonds is 2. The lowest BCUT2D eigenvalue weighted by Gasteiger charge is -2.57. The van der Waals surface area contributed by atoms with Gasteiger partial charge < -0.3 is 9.80 Å². The van der Waals surface area contributed by atoms with Gasteiger partial charge in [0.05, 0.1) is 35.6 Å². The smallest absolute Gasteiger partial charge is 0.287 e. The quantitative estimate of drug-likeness (QED) is 0.650. The van der Waals surface area contributed by atoms with Crippen molar-refractivity contribution in [2.45, 2.75) is 18.5 Å².